The molecule has 0 radical (unpaired) electrons. The molecule has 0 bridgehead atoms. The van der Waals surface area contributed by atoms with E-state index in [0.717, 1.165) is 56.7 Å². The molecule has 1 aliphatic rings. The fourth-order valence-corrected chi connectivity index (χ4v) is 2.46. The highest BCUT2D eigenvalue weighted by Gasteiger charge is 2.13. The van der Waals surface area contributed by atoms with Crippen LogP contribution < -0.4 is 15.0 Å². The molecule has 6 heteroatoms. The minimum atomic E-state index is 0.745. The van der Waals surface area contributed by atoms with E-state index in [1.165, 1.54) is 5.56 Å². The maximum Gasteiger partial charge on any atom is 0.225 e. The van der Waals surface area contributed by atoms with Gasteiger partial charge in [0.25, 0.3) is 0 Å². The number of nitrogens with zero attached hydrogens (tertiary/aromatic N) is 3. The summed E-state index contributed by atoms with van der Waals surface area (Å²) in [5.74, 6) is 1.66. The predicted octanol–water partition coefficient (Wildman–Crippen LogP) is 1.61. The number of hydrogen-bond acceptors (Lipinski definition) is 6. The number of benzene rings is 1. The number of ether oxygens (including phenoxy) is 2. The van der Waals surface area contributed by atoms with Crippen LogP contribution in [0.4, 0.5) is 5.95 Å². The Bertz CT molecular complexity index is 595. The van der Waals surface area contributed by atoms with Crippen molar-refractivity contribution in [2.45, 2.75) is 13.1 Å². The lowest BCUT2D eigenvalue weighted by atomic mass is 10.2. The third kappa shape index (κ3) is 4.40. The summed E-state index contributed by atoms with van der Waals surface area (Å²) in [7, 11) is 1.67. The first-order chi connectivity index (χ1) is 11.3. The van der Waals surface area contributed by atoms with E-state index < -0.39 is 0 Å². The average Bonchev–Trinajstić information content (AvgIpc) is 2.64. The molecule has 6 nitrogen and oxygen atoms in total. The normalized spacial score (nSPS) is 14.7. The molecule has 2 heterocycles. The third-order valence-corrected chi connectivity index (χ3v) is 3.80. The van der Waals surface area contributed by atoms with Gasteiger partial charge in [-0.2, -0.15) is 0 Å². The Morgan fingerprint density at radius 2 is 1.70 bits per heavy atom. The lowest BCUT2D eigenvalue weighted by molar-refractivity contribution is 0.122. The molecular weight excluding hydrogens is 292 g/mol. The van der Waals surface area contributed by atoms with Crippen LogP contribution >= 0.6 is 0 Å². The van der Waals surface area contributed by atoms with E-state index in [4.69, 9.17) is 9.47 Å². The lowest BCUT2D eigenvalue weighted by Gasteiger charge is -2.26. The second-order valence-electron chi connectivity index (χ2n) is 5.44. The number of hydrogen-bond donors (Lipinski definition) is 1. The summed E-state index contributed by atoms with van der Waals surface area (Å²) in [6, 6.07) is 8.06. The number of aromatic nitrogens is 2. The van der Waals surface area contributed by atoms with Crippen molar-refractivity contribution in [1.29, 1.82) is 0 Å². The van der Waals surface area contributed by atoms with E-state index in [0.29, 0.717) is 0 Å². The molecule has 1 aromatic carbocycles. The highest BCUT2D eigenvalue weighted by Crippen LogP contribution is 2.12. The van der Waals surface area contributed by atoms with Crippen LogP contribution in [0.15, 0.2) is 36.7 Å². The fraction of sp³-hybridized carbons (Fsp3) is 0.412. The van der Waals surface area contributed by atoms with Gasteiger partial charge in [-0.1, -0.05) is 12.1 Å². The Balaban J connectivity index is 1.48. The first-order valence-corrected chi connectivity index (χ1v) is 7.82. The van der Waals surface area contributed by atoms with Gasteiger partial charge in [-0.15, -0.1) is 0 Å². The van der Waals surface area contributed by atoms with Gasteiger partial charge < -0.3 is 19.7 Å². The quantitative estimate of drug-likeness (QED) is 0.874. The van der Waals surface area contributed by atoms with Crippen LogP contribution in [-0.4, -0.2) is 43.4 Å². The number of anilines is 1. The Morgan fingerprint density at radius 1 is 1.04 bits per heavy atom. The fourth-order valence-electron chi connectivity index (χ4n) is 2.46. The third-order valence-electron chi connectivity index (χ3n) is 3.80. The molecule has 1 aliphatic heterocycles. The van der Waals surface area contributed by atoms with Gasteiger partial charge in [-0.25, -0.2) is 9.97 Å². The van der Waals surface area contributed by atoms with E-state index in [9.17, 15) is 0 Å². The molecule has 122 valence electrons. The van der Waals surface area contributed by atoms with Gasteiger partial charge >= 0.3 is 0 Å². The Labute approximate surface area is 136 Å². The zero-order chi connectivity index (χ0) is 15.9. The predicted molar refractivity (Wildman–Crippen MR) is 88.6 cm³/mol. The molecule has 3 rings (SSSR count). The van der Waals surface area contributed by atoms with Crippen LogP contribution in [0.2, 0.25) is 0 Å². The molecule has 0 amide bonds. The summed E-state index contributed by atoms with van der Waals surface area (Å²) in [6.45, 7) is 4.75. The van der Waals surface area contributed by atoms with Crippen molar-refractivity contribution in [3.05, 3.63) is 47.8 Å². The molecule has 1 saturated heterocycles. The molecular formula is C17H22N4O2. The van der Waals surface area contributed by atoms with Gasteiger partial charge in [0.15, 0.2) is 0 Å². The molecule has 1 N–H and O–H groups in total. The summed E-state index contributed by atoms with van der Waals surface area (Å²) < 4.78 is 10.5. The summed E-state index contributed by atoms with van der Waals surface area (Å²) in [5.41, 5.74) is 2.30. The van der Waals surface area contributed by atoms with E-state index in [-0.39, 0.29) is 0 Å². The van der Waals surface area contributed by atoms with Crippen molar-refractivity contribution in [2.75, 3.05) is 38.3 Å². The topological polar surface area (TPSA) is 59.5 Å². The molecule has 0 spiro atoms. The van der Waals surface area contributed by atoms with Crippen LogP contribution in [-0.2, 0) is 17.8 Å². The summed E-state index contributed by atoms with van der Waals surface area (Å²) >= 11 is 0. The second-order valence-corrected chi connectivity index (χ2v) is 5.44. The summed E-state index contributed by atoms with van der Waals surface area (Å²) in [5, 5.41) is 3.40. The van der Waals surface area contributed by atoms with Crippen LogP contribution in [0, 0.1) is 0 Å². The van der Waals surface area contributed by atoms with Crippen LogP contribution in [0.25, 0.3) is 0 Å². The van der Waals surface area contributed by atoms with E-state index in [1.54, 1.807) is 7.11 Å². The number of morpholine rings is 1. The highest BCUT2D eigenvalue weighted by atomic mass is 16.5. The van der Waals surface area contributed by atoms with Crippen molar-refractivity contribution in [3.63, 3.8) is 0 Å². The van der Waals surface area contributed by atoms with Gasteiger partial charge in [0, 0.05) is 44.1 Å². The molecule has 1 aromatic heterocycles. The van der Waals surface area contributed by atoms with Crippen molar-refractivity contribution in [2.24, 2.45) is 0 Å². The molecule has 0 saturated carbocycles. The van der Waals surface area contributed by atoms with E-state index in [2.05, 4.69) is 32.3 Å². The average molecular weight is 314 g/mol. The molecule has 1 fully saturated rings. The number of methoxy groups -OCH3 is 1. The van der Waals surface area contributed by atoms with Gasteiger partial charge in [-0.3, -0.25) is 0 Å². The standard InChI is InChI=1S/C17H22N4O2/c1-22-16-4-2-14(3-5-16)10-18-11-15-12-19-17(20-13-15)21-6-8-23-9-7-21/h2-5,12-13,18H,6-11H2,1H3. The largest absolute Gasteiger partial charge is 0.497 e. The SMILES string of the molecule is COc1ccc(CNCc2cnc(N3CCOCC3)nc2)cc1. The van der Waals surface area contributed by atoms with Gasteiger partial charge in [0.1, 0.15) is 5.75 Å². The van der Waals surface area contributed by atoms with E-state index in [1.807, 2.05) is 24.5 Å². The minimum Gasteiger partial charge on any atom is -0.497 e. The van der Waals surface area contributed by atoms with Crippen LogP contribution in [0.5, 0.6) is 5.75 Å². The molecule has 2 aromatic rings. The van der Waals surface area contributed by atoms with Gasteiger partial charge in [0.05, 0.1) is 20.3 Å². The van der Waals surface area contributed by atoms with Crippen LogP contribution in [0.1, 0.15) is 11.1 Å². The van der Waals surface area contributed by atoms with Crippen molar-refractivity contribution < 1.29 is 9.47 Å². The van der Waals surface area contributed by atoms with Gasteiger partial charge in [0.2, 0.25) is 5.95 Å². The Kier molecular flexibility index (Phi) is 5.39. The number of nitrogens with one attached hydrogen (secondary N) is 1. The number of rotatable bonds is 6. The minimum absolute atomic E-state index is 0.745. The van der Waals surface area contributed by atoms with Crippen LogP contribution in [0.3, 0.4) is 0 Å². The maximum atomic E-state index is 5.34. The molecule has 23 heavy (non-hydrogen) atoms. The Morgan fingerprint density at radius 3 is 2.35 bits per heavy atom. The highest BCUT2D eigenvalue weighted by molar-refractivity contribution is 5.30. The first kappa shape index (κ1) is 15.7. The zero-order valence-electron chi connectivity index (χ0n) is 13.4. The van der Waals surface area contributed by atoms with E-state index >= 15 is 0 Å². The summed E-state index contributed by atoms with van der Waals surface area (Å²) in [6.07, 6.45) is 3.78. The monoisotopic (exact) mass is 314 g/mol. The first-order valence-electron chi connectivity index (χ1n) is 7.82. The zero-order valence-corrected chi connectivity index (χ0v) is 13.4. The van der Waals surface area contributed by atoms with Gasteiger partial charge in [-0.05, 0) is 17.7 Å². The van der Waals surface area contributed by atoms with Crippen molar-refractivity contribution in [1.82, 2.24) is 15.3 Å². The molecule has 0 unspecified atom stereocenters. The maximum absolute atomic E-state index is 5.34. The summed E-state index contributed by atoms with van der Waals surface area (Å²) in [4.78, 5) is 11.1. The van der Waals surface area contributed by atoms with Crippen molar-refractivity contribution >= 4 is 5.95 Å². The molecule has 0 aliphatic carbocycles. The van der Waals surface area contributed by atoms with Crippen molar-refractivity contribution in [3.8, 4) is 5.75 Å². The Hall–Kier alpha value is -2.18. The smallest absolute Gasteiger partial charge is 0.225 e. The lowest BCUT2D eigenvalue weighted by Crippen LogP contribution is -2.37. The molecule has 0 atom stereocenters. The second kappa shape index (κ2) is 7.89.